The largest absolute Gasteiger partial charge is 0.496 e. The highest BCUT2D eigenvalue weighted by Crippen LogP contribution is 2.34. The fraction of sp³-hybridized carbons (Fsp3) is 0.111. The quantitative estimate of drug-likeness (QED) is 0.300. The first-order valence-corrected chi connectivity index (χ1v) is 7.39. The van der Waals surface area contributed by atoms with Gasteiger partial charge < -0.3 is 9.47 Å². The predicted octanol–water partition coefficient (Wildman–Crippen LogP) is 4.64. The monoisotopic (exact) mass is 334 g/mol. The molecule has 7 nitrogen and oxygen atoms in total. The van der Waals surface area contributed by atoms with Gasteiger partial charge >= 0.3 is 5.97 Å². The Hall–Kier alpha value is -3.57. The lowest BCUT2D eigenvalue weighted by Gasteiger charge is -2.11. The van der Waals surface area contributed by atoms with E-state index in [1.165, 1.54) is 14.2 Å². The first-order valence-electron chi connectivity index (χ1n) is 7.39. The van der Waals surface area contributed by atoms with Crippen LogP contribution in [-0.4, -0.2) is 25.2 Å². The summed E-state index contributed by atoms with van der Waals surface area (Å²) in [5.41, 5.74) is 11.6. The van der Waals surface area contributed by atoms with E-state index in [-0.39, 0.29) is 5.56 Å². The SMILES string of the molecule is COC(=O)c1cc2c(N=[N+]=[N-])cc(-c3ccccc3)nc2cc1OC. The number of fused-ring (bicyclic) bond motifs is 1. The van der Waals surface area contributed by atoms with Crippen molar-refractivity contribution in [2.24, 2.45) is 5.11 Å². The molecule has 0 fully saturated rings. The van der Waals surface area contributed by atoms with Crippen LogP contribution in [0.4, 0.5) is 5.69 Å². The molecule has 124 valence electrons. The Labute approximate surface area is 143 Å². The summed E-state index contributed by atoms with van der Waals surface area (Å²) in [6.45, 7) is 0. The molecule has 0 unspecified atom stereocenters. The molecule has 0 radical (unpaired) electrons. The highest BCUT2D eigenvalue weighted by Gasteiger charge is 2.17. The number of carbonyl (C=O) groups excluding carboxylic acids is 1. The van der Waals surface area contributed by atoms with E-state index >= 15 is 0 Å². The fourth-order valence-corrected chi connectivity index (χ4v) is 2.56. The van der Waals surface area contributed by atoms with Crippen LogP contribution in [0.1, 0.15) is 10.4 Å². The Bertz CT molecular complexity index is 996. The van der Waals surface area contributed by atoms with E-state index in [4.69, 9.17) is 15.0 Å². The Morgan fingerprint density at radius 1 is 1.16 bits per heavy atom. The lowest BCUT2D eigenvalue weighted by Crippen LogP contribution is -2.04. The summed E-state index contributed by atoms with van der Waals surface area (Å²) in [6, 6.07) is 14.4. The highest BCUT2D eigenvalue weighted by molar-refractivity contribution is 6.01. The van der Waals surface area contributed by atoms with E-state index < -0.39 is 5.97 Å². The zero-order chi connectivity index (χ0) is 17.8. The Morgan fingerprint density at radius 3 is 2.56 bits per heavy atom. The third kappa shape index (κ3) is 3.08. The summed E-state index contributed by atoms with van der Waals surface area (Å²) in [5.74, 6) is -0.207. The first-order chi connectivity index (χ1) is 12.2. The number of hydrogen-bond acceptors (Lipinski definition) is 5. The number of hydrogen-bond donors (Lipinski definition) is 0. The molecule has 0 atom stereocenters. The molecule has 7 heteroatoms. The molecule has 0 N–H and O–H groups in total. The van der Waals surface area contributed by atoms with Gasteiger partial charge in [-0.15, -0.1) is 0 Å². The number of carbonyl (C=O) groups is 1. The molecule has 1 heterocycles. The van der Waals surface area contributed by atoms with Crippen LogP contribution in [0.5, 0.6) is 5.75 Å². The van der Waals surface area contributed by atoms with Crippen molar-refractivity contribution in [3.05, 3.63) is 64.5 Å². The van der Waals surface area contributed by atoms with Crippen molar-refractivity contribution in [2.45, 2.75) is 0 Å². The maximum atomic E-state index is 12.0. The van der Waals surface area contributed by atoms with Crippen molar-refractivity contribution in [2.75, 3.05) is 14.2 Å². The maximum absolute atomic E-state index is 12.0. The maximum Gasteiger partial charge on any atom is 0.341 e. The van der Waals surface area contributed by atoms with Crippen LogP contribution in [0, 0.1) is 0 Å². The number of methoxy groups -OCH3 is 2. The number of azide groups is 1. The molecule has 0 bridgehead atoms. The van der Waals surface area contributed by atoms with E-state index in [9.17, 15) is 4.79 Å². The van der Waals surface area contributed by atoms with Crippen LogP contribution in [0.15, 0.2) is 53.6 Å². The molecule has 3 rings (SSSR count). The number of benzene rings is 2. The van der Waals surface area contributed by atoms with Gasteiger partial charge in [-0.3, -0.25) is 0 Å². The van der Waals surface area contributed by atoms with E-state index in [2.05, 4.69) is 15.0 Å². The summed E-state index contributed by atoms with van der Waals surface area (Å²) in [6.07, 6.45) is 0. The van der Waals surface area contributed by atoms with Crippen molar-refractivity contribution in [3.8, 4) is 17.0 Å². The van der Waals surface area contributed by atoms with Crippen LogP contribution in [0.25, 0.3) is 32.6 Å². The molecule has 0 amide bonds. The van der Waals surface area contributed by atoms with E-state index in [0.717, 1.165) is 5.56 Å². The average Bonchev–Trinajstić information content (AvgIpc) is 2.67. The second kappa shape index (κ2) is 6.90. The topological polar surface area (TPSA) is 97.2 Å². The second-order valence-corrected chi connectivity index (χ2v) is 5.14. The summed E-state index contributed by atoms with van der Waals surface area (Å²) in [7, 11) is 2.75. The number of rotatable bonds is 4. The normalized spacial score (nSPS) is 10.2. The summed E-state index contributed by atoms with van der Waals surface area (Å²) in [4.78, 5) is 19.5. The van der Waals surface area contributed by atoms with Gasteiger partial charge in [0, 0.05) is 27.6 Å². The van der Waals surface area contributed by atoms with Gasteiger partial charge in [0.25, 0.3) is 0 Å². The summed E-state index contributed by atoms with van der Waals surface area (Å²) >= 11 is 0. The average molecular weight is 334 g/mol. The zero-order valence-electron chi connectivity index (χ0n) is 13.6. The minimum Gasteiger partial charge on any atom is -0.496 e. The van der Waals surface area contributed by atoms with E-state index in [1.807, 2.05) is 30.3 Å². The van der Waals surface area contributed by atoms with Crippen molar-refractivity contribution in [3.63, 3.8) is 0 Å². The highest BCUT2D eigenvalue weighted by atomic mass is 16.5. The summed E-state index contributed by atoms with van der Waals surface area (Å²) in [5, 5.41) is 4.29. The van der Waals surface area contributed by atoms with Crippen LogP contribution in [0.2, 0.25) is 0 Å². The van der Waals surface area contributed by atoms with Gasteiger partial charge in [-0.1, -0.05) is 35.4 Å². The molecular weight excluding hydrogens is 320 g/mol. The predicted molar refractivity (Wildman–Crippen MR) is 93.9 cm³/mol. The van der Waals surface area contributed by atoms with Crippen LogP contribution >= 0.6 is 0 Å². The van der Waals surface area contributed by atoms with Gasteiger partial charge in [-0.25, -0.2) is 9.78 Å². The lowest BCUT2D eigenvalue weighted by molar-refractivity contribution is 0.0597. The zero-order valence-corrected chi connectivity index (χ0v) is 13.6. The van der Waals surface area contributed by atoms with Gasteiger partial charge in [0.05, 0.1) is 25.4 Å². The van der Waals surface area contributed by atoms with Crippen molar-refractivity contribution in [1.82, 2.24) is 4.98 Å². The Morgan fingerprint density at radius 2 is 1.92 bits per heavy atom. The molecular formula is C18H14N4O3. The standard InChI is InChI=1S/C18H14N4O3/c1-24-17-10-15-12(8-13(17)18(23)25-2)16(21-22-19)9-14(20-15)11-6-4-3-5-7-11/h3-10H,1-2H3. The number of ether oxygens (including phenoxy) is 2. The number of nitrogens with zero attached hydrogens (tertiary/aromatic N) is 4. The molecule has 2 aromatic carbocycles. The van der Waals surface area contributed by atoms with E-state index in [1.54, 1.807) is 18.2 Å². The first kappa shape index (κ1) is 16.3. The third-order valence-corrected chi connectivity index (χ3v) is 3.74. The van der Waals surface area contributed by atoms with Gasteiger partial charge in [-0.2, -0.15) is 0 Å². The molecule has 25 heavy (non-hydrogen) atoms. The fourth-order valence-electron chi connectivity index (χ4n) is 2.56. The molecule has 0 saturated carbocycles. The Balaban J connectivity index is 2.32. The molecule has 0 aliphatic carbocycles. The molecule has 1 aromatic heterocycles. The number of esters is 1. The molecule has 0 spiro atoms. The number of aromatic nitrogens is 1. The second-order valence-electron chi connectivity index (χ2n) is 5.14. The summed E-state index contributed by atoms with van der Waals surface area (Å²) < 4.78 is 10.1. The van der Waals surface area contributed by atoms with Crippen molar-refractivity contribution in [1.29, 1.82) is 0 Å². The third-order valence-electron chi connectivity index (χ3n) is 3.74. The van der Waals surface area contributed by atoms with Crippen molar-refractivity contribution < 1.29 is 14.3 Å². The molecule has 0 saturated heterocycles. The molecule has 0 aliphatic heterocycles. The number of pyridine rings is 1. The minimum atomic E-state index is -0.544. The van der Waals surface area contributed by atoms with Crippen LogP contribution < -0.4 is 4.74 Å². The van der Waals surface area contributed by atoms with Crippen LogP contribution in [0.3, 0.4) is 0 Å². The van der Waals surface area contributed by atoms with Crippen molar-refractivity contribution >= 4 is 22.6 Å². The van der Waals surface area contributed by atoms with Gasteiger partial charge in [-0.05, 0) is 17.7 Å². The van der Waals surface area contributed by atoms with Gasteiger partial charge in [0.2, 0.25) is 0 Å². The van der Waals surface area contributed by atoms with E-state index in [0.29, 0.717) is 28.0 Å². The molecule has 3 aromatic rings. The van der Waals surface area contributed by atoms with Gasteiger partial charge in [0.15, 0.2) is 0 Å². The minimum absolute atomic E-state index is 0.237. The van der Waals surface area contributed by atoms with Gasteiger partial charge in [0.1, 0.15) is 11.3 Å². The smallest absolute Gasteiger partial charge is 0.341 e. The Kier molecular flexibility index (Phi) is 4.50. The lowest BCUT2D eigenvalue weighted by atomic mass is 10.0. The van der Waals surface area contributed by atoms with Crippen LogP contribution in [-0.2, 0) is 4.74 Å². The molecule has 0 aliphatic rings.